The Morgan fingerprint density at radius 3 is 1.44 bits per heavy atom. The minimum Gasteiger partial charge on any atom is -0.462 e. The number of rotatable bonds is 33. The Morgan fingerprint density at radius 1 is 0.628 bits per heavy atom. The van der Waals surface area contributed by atoms with Gasteiger partial charge in [0.25, 0.3) is 0 Å². The van der Waals surface area contributed by atoms with Crippen molar-refractivity contribution >= 4 is 19.8 Å². The first-order valence-corrected chi connectivity index (χ1v) is 19.0. The second kappa shape index (κ2) is 31.0. The topological polar surface area (TPSA) is 134 Å². The van der Waals surface area contributed by atoms with Crippen molar-refractivity contribution in [1.82, 2.24) is 0 Å². The third kappa shape index (κ3) is 30.8. The molecule has 0 rings (SSSR count). The van der Waals surface area contributed by atoms with Crippen molar-refractivity contribution in [2.45, 2.75) is 174 Å². The highest BCUT2D eigenvalue weighted by molar-refractivity contribution is 7.47. The molecule has 3 N–H and O–H groups in total. The average Bonchev–Trinajstić information content (AvgIpc) is 2.99. The van der Waals surface area contributed by atoms with Crippen molar-refractivity contribution in [2.75, 3.05) is 26.4 Å². The minimum atomic E-state index is -4.33. The Kier molecular flexibility index (Phi) is 30.3. The zero-order valence-corrected chi connectivity index (χ0v) is 28.6. The fourth-order valence-electron chi connectivity index (χ4n) is 4.91. The van der Waals surface area contributed by atoms with E-state index in [0.717, 1.165) is 12.8 Å². The summed E-state index contributed by atoms with van der Waals surface area (Å²) in [4.78, 5) is 33.4. The van der Waals surface area contributed by atoms with E-state index >= 15 is 0 Å². The highest BCUT2D eigenvalue weighted by atomic mass is 31.2. The molecule has 43 heavy (non-hydrogen) atoms. The van der Waals surface area contributed by atoms with Crippen LogP contribution in [0.2, 0.25) is 0 Å². The van der Waals surface area contributed by atoms with Gasteiger partial charge in [0.2, 0.25) is 0 Å². The number of carbonyl (C=O) groups is 2. The van der Waals surface area contributed by atoms with Gasteiger partial charge in [0.1, 0.15) is 6.61 Å². The Labute approximate surface area is 263 Å². The van der Waals surface area contributed by atoms with E-state index in [1.165, 1.54) is 122 Å². The van der Waals surface area contributed by atoms with Gasteiger partial charge in [-0.2, -0.15) is 0 Å². The van der Waals surface area contributed by atoms with Crippen LogP contribution in [0.1, 0.15) is 168 Å². The number of unbranched alkanes of at least 4 members (excludes halogenated alkanes) is 21. The van der Waals surface area contributed by atoms with E-state index in [2.05, 4.69) is 11.4 Å². The van der Waals surface area contributed by atoms with Crippen LogP contribution in [0.15, 0.2) is 0 Å². The second-order valence-corrected chi connectivity index (χ2v) is 13.2. The molecule has 0 aliphatic heterocycles. The molecule has 0 saturated carbocycles. The van der Waals surface area contributed by atoms with Crippen LogP contribution in [0.3, 0.4) is 0 Å². The molecule has 10 heteroatoms. The van der Waals surface area contributed by atoms with E-state index < -0.39 is 32.5 Å². The molecule has 0 spiro atoms. The summed E-state index contributed by atoms with van der Waals surface area (Å²) >= 11 is 0. The molecule has 2 atom stereocenters. The summed E-state index contributed by atoms with van der Waals surface area (Å²) in [6.45, 7) is 3.14. The van der Waals surface area contributed by atoms with Gasteiger partial charge in [-0.05, 0) is 6.42 Å². The molecule has 0 amide bonds. The van der Waals surface area contributed by atoms with Crippen molar-refractivity contribution in [3.05, 3.63) is 0 Å². The third-order valence-electron chi connectivity index (χ3n) is 7.55. The van der Waals surface area contributed by atoms with Crippen molar-refractivity contribution in [1.29, 1.82) is 0 Å². The van der Waals surface area contributed by atoms with Gasteiger partial charge in [-0.1, -0.05) is 149 Å². The summed E-state index contributed by atoms with van der Waals surface area (Å²) < 4.78 is 31.8. The zero-order valence-electron chi connectivity index (χ0n) is 27.7. The molecule has 0 bridgehead atoms. The predicted octanol–water partition coefficient (Wildman–Crippen LogP) is 8.94. The smallest absolute Gasteiger partial charge is 0.462 e. The number of hydrogen-bond donors (Lipinski definition) is 2. The molecule has 0 aliphatic carbocycles. The van der Waals surface area contributed by atoms with Crippen molar-refractivity contribution < 1.29 is 37.6 Å². The largest absolute Gasteiger partial charge is 0.472 e. The van der Waals surface area contributed by atoms with E-state index in [0.29, 0.717) is 6.42 Å². The molecule has 0 saturated heterocycles. The van der Waals surface area contributed by atoms with Crippen LogP contribution < -0.4 is 5.73 Å². The molecule has 0 heterocycles. The summed E-state index contributed by atoms with van der Waals surface area (Å²) in [5.74, 6) is -0.919. The maximum absolute atomic E-state index is 12.3. The fraction of sp³-hybridized carbons (Fsp3) is 0.939. The lowest BCUT2D eigenvalue weighted by Gasteiger charge is -2.19. The molecule has 9 nitrogen and oxygen atoms in total. The Hall–Kier alpha value is -0.990. The number of carbonyl (C=O) groups excluding carboxylic acids is 2. The first-order valence-electron chi connectivity index (χ1n) is 17.5. The van der Waals surface area contributed by atoms with Crippen molar-refractivity contribution in [2.24, 2.45) is 5.73 Å². The quantitative estimate of drug-likeness (QED) is 0.0411. The van der Waals surface area contributed by atoms with Gasteiger partial charge in [-0.15, -0.1) is 0 Å². The Balaban J connectivity index is 3.69. The zero-order chi connectivity index (χ0) is 31.9. The normalized spacial score (nSPS) is 13.5. The lowest BCUT2D eigenvalue weighted by Crippen LogP contribution is -2.29. The van der Waals surface area contributed by atoms with Gasteiger partial charge < -0.3 is 20.1 Å². The lowest BCUT2D eigenvalue weighted by atomic mass is 10.0. The molecular weight excluding hydrogens is 569 g/mol. The van der Waals surface area contributed by atoms with E-state index in [4.69, 9.17) is 19.7 Å². The molecule has 0 fully saturated rings. The van der Waals surface area contributed by atoms with E-state index in [1.54, 1.807) is 6.92 Å². The Morgan fingerprint density at radius 2 is 1.05 bits per heavy atom. The molecule has 0 aliphatic rings. The lowest BCUT2D eigenvalue weighted by molar-refractivity contribution is -0.161. The van der Waals surface area contributed by atoms with Gasteiger partial charge >= 0.3 is 19.8 Å². The van der Waals surface area contributed by atoms with Crippen LogP contribution in [0.25, 0.3) is 0 Å². The van der Waals surface area contributed by atoms with Crippen LogP contribution in [0, 0.1) is 0 Å². The first kappa shape index (κ1) is 42.0. The van der Waals surface area contributed by atoms with Gasteiger partial charge in [-0.25, -0.2) is 4.57 Å². The number of phosphoric acid groups is 1. The van der Waals surface area contributed by atoms with Gasteiger partial charge in [0.15, 0.2) is 6.10 Å². The van der Waals surface area contributed by atoms with E-state index in [9.17, 15) is 19.0 Å². The second-order valence-electron chi connectivity index (χ2n) is 11.7. The maximum atomic E-state index is 12.3. The molecular formula is C33H66NO8P. The predicted molar refractivity (Wildman–Crippen MR) is 174 cm³/mol. The van der Waals surface area contributed by atoms with E-state index in [1.807, 2.05) is 0 Å². The SMILES string of the molecule is CCCCCCCCCCCCCCCCCCCCCCCCC(=O)OC(COC(=O)CC)COP(=O)(O)OCCN. The molecule has 2 unspecified atom stereocenters. The summed E-state index contributed by atoms with van der Waals surface area (Å²) in [6, 6.07) is 0. The van der Waals surface area contributed by atoms with Crippen LogP contribution in [-0.4, -0.2) is 49.3 Å². The molecule has 0 aromatic heterocycles. The van der Waals surface area contributed by atoms with Crippen LogP contribution in [0.4, 0.5) is 0 Å². The van der Waals surface area contributed by atoms with Crippen LogP contribution in [0.5, 0.6) is 0 Å². The van der Waals surface area contributed by atoms with Gasteiger partial charge in [0, 0.05) is 19.4 Å². The van der Waals surface area contributed by atoms with Crippen molar-refractivity contribution in [3.63, 3.8) is 0 Å². The molecule has 0 aromatic carbocycles. The highest BCUT2D eigenvalue weighted by Gasteiger charge is 2.25. The number of esters is 2. The van der Waals surface area contributed by atoms with E-state index in [-0.39, 0.29) is 32.6 Å². The standard InChI is InChI=1S/C33H66NO8P/c1-3-5-6-7-8-9-10-11-12-13-14-15-16-17-18-19-20-21-22-23-24-25-26-33(36)42-31(29-39-32(35)4-2)30-41-43(37,38)40-28-27-34/h31H,3-30,34H2,1-2H3,(H,37,38). The molecule has 0 aromatic rings. The summed E-state index contributed by atoms with van der Waals surface area (Å²) in [5.41, 5.74) is 5.26. The highest BCUT2D eigenvalue weighted by Crippen LogP contribution is 2.43. The number of ether oxygens (including phenoxy) is 2. The van der Waals surface area contributed by atoms with Crippen LogP contribution >= 0.6 is 7.82 Å². The monoisotopic (exact) mass is 635 g/mol. The number of phosphoric ester groups is 1. The molecule has 0 radical (unpaired) electrons. The molecule has 256 valence electrons. The van der Waals surface area contributed by atoms with Gasteiger partial charge in [-0.3, -0.25) is 18.6 Å². The summed E-state index contributed by atoms with van der Waals surface area (Å²) in [7, 11) is -4.33. The Bertz CT molecular complexity index is 694. The maximum Gasteiger partial charge on any atom is 0.472 e. The number of hydrogen-bond acceptors (Lipinski definition) is 8. The average molecular weight is 636 g/mol. The summed E-state index contributed by atoms with van der Waals surface area (Å²) in [6.07, 6.45) is 28.2. The summed E-state index contributed by atoms with van der Waals surface area (Å²) in [5, 5.41) is 0. The van der Waals surface area contributed by atoms with Crippen molar-refractivity contribution in [3.8, 4) is 0 Å². The van der Waals surface area contributed by atoms with Crippen LogP contribution in [-0.2, 0) is 32.7 Å². The fourth-order valence-corrected chi connectivity index (χ4v) is 5.67. The van der Waals surface area contributed by atoms with Gasteiger partial charge in [0.05, 0.1) is 13.2 Å². The first-order chi connectivity index (χ1) is 20.8. The number of nitrogens with two attached hydrogens (primary N) is 1. The minimum absolute atomic E-state index is 0.0555. The third-order valence-corrected chi connectivity index (χ3v) is 8.53.